The van der Waals surface area contributed by atoms with Crippen molar-refractivity contribution >= 4 is 11.7 Å². The minimum absolute atomic E-state index is 0.280. The molecule has 0 spiro atoms. The summed E-state index contributed by atoms with van der Waals surface area (Å²) in [5.41, 5.74) is 3.51. The lowest BCUT2D eigenvalue weighted by Crippen LogP contribution is -2.47. The van der Waals surface area contributed by atoms with Gasteiger partial charge in [0.15, 0.2) is 0 Å². The summed E-state index contributed by atoms with van der Waals surface area (Å²) in [6.45, 7) is 17.2. The molecule has 0 aromatic heterocycles. The maximum absolute atomic E-state index is 11.7. The van der Waals surface area contributed by atoms with Crippen LogP contribution < -0.4 is 4.90 Å². The predicted octanol–water partition coefficient (Wildman–Crippen LogP) is 5.63. The lowest BCUT2D eigenvalue weighted by molar-refractivity contribution is 0.0696. The summed E-state index contributed by atoms with van der Waals surface area (Å²) in [4.78, 5) is 16.8. The van der Waals surface area contributed by atoms with Crippen molar-refractivity contribution in [2.24, 2.45) is 10.8 Å². The number of rotatable bonds is 6. The molecule has 1 heterocycles. The molecule has 0 unspecified atom stereocenters. The second-order valence-electron chi connectivity index (χ2n) is 10.9. The molecule has 4 heteroatoms. The summed E-state index contributed by atoms with van der Waals surface area (Å²) in [6.07, 6.45) is 5.99. The topological polar surface area (TPSA) is 43.8 Å². The molecule has 29 heavy (non-hydrogen) atoms. The van der Waals surface area contributed by atoms with Gasteiger partial charge in [-0.25, -0.2) is 4.79 Å². The van der Waals surface area contributed by atoms with Gasteiger partial charge in [0.2, 0.25) is 0 Å². The van der Waals surface area contributed by atoms with Crippen LogP contribution in [-0.2, 0) is 0 Å². The third-order valence-electron chi connectivity index (χ3n) is 6.81. The zero-order valence-electron chi connectivity index (χ0n) is 19.1. The fraction of sp³-hybridized carbons (Fsp3) is 0.720. The minimum atomic E-state index is -0.823. The molecule has 162 valence electrons. The van der Waals surface area contributed by atoms with Crippen LogP contribution >= 0.6 is 0 Å². The molecule has 3 rings (SSSR count). The third-order valence-corrected chi connectivity index (χ3v) is 6.81. The van der Waals surface area contributed by atoms with Gasteiger partial charge in [0, 0.05) is 31.9 Å². The van der Waals surface area contributed by atoms with E-state index in [2.05, 4.69) is 50.5 Å². The Morgan fingerprint density at radius 1 is 1.07 bits per heavy atom. The van der Waals surface area contributed by atoms with Gasteiger partial charge in [-0.15, -0.1) is 0 Å². The van der Waals surface area contributed by atoms with Gasteiger partial charge in [-0.05, 0) is 72.7 Å². The SMILES string of the molecule is CCCCN1CCN(c2ccc(C(=O)O)cc2C2CC(C)(C)CC(C)(C)C2)CC1. The zero-order chi connectivity index (χ0) is 21.2. The summed E-state index contributed by atoms with van der Waals surface area (Å²) < 4.78 is 0. The highest BCUT2D eigenvalue weighted by molar-refractivity contribution is 5.88. The number of anilines is 1. The van der Waals surface area contributed by atoms with Crippen LogP contribution in [0, 0.1) is 10.8 Å². The molecule has 1 saturated heterocycles. The Bertz CT molecular complexity index is 702. The van der Waals surface area contributed by atoms with E-state index in [9.17, 15) is 9.90 Å². The first-order chi connectivity index (χ1) is 13.6. The van der Waals surface area contributed by atoms with Crippen LogP contribution in [0.5, 0.6) is 0 Å². The molecule has 1 N–H and O–H groups in total. The molecule has 4 nitrogen and oxygen atoms in total. The summed E-state index contributed by atoms with van der Waals surface area (Å²) in [5, 5.41) is 9.61. The monoisotopic (exact) mass is 400 g/mol. The Morgan fingerprint density at radius 2 is 1.69 bits per heavy atom. The Kier molecular flexibility index (Phi) is 6.62. The molecule has 0 atom stereocenters. The van der Waals surface area contributed by atoms with Crippen LogP contribution in [-0.4, -0.2) is 48.7 Å². The molecule has 0 bridgehead atoms. The van der Waals surface area contributed by atoms with Crippen LogP contribution in [0.15, 0.2) is 18.2 Å². The number of nitrogens with zero attached hydrogens (tertiary/aromatic N) is 2. The highest BCUT2D eigenvalue weighted by atomic mass is 16.4. The summed E-state index contributed by atoms with van der Waals surface area (Å²) in [5.74, 6) is -0.405. The lowest BCUT2D eigenvalue weighted by atomic mass is 9.60. The van der Waals surface area contributed by atoms with E-state index in [-0.39, 0.29) is 10.8 Å². The average Bonchev–Trinajstić information content (AvgIpc) is 2.64. The Morgan fingerprint density at radius 3 is 2.24 bits per heavy atom. The summed E-state index contributed by atoms with van der Waals surface area (Å²) in [6, 6.07) is 5.85. The van der Waals surface area contributed by atoms with E-state index < -0.39 is 5.97 Å². The van der Waals surface area contributed by atoms with E-state index in [0.29, 0.717) is 11.5 Å². The fourth-order valence-corrected chi connectivity index (χ4v) is 5.96. The maximum Gasteiger partial charge on any atom is 0.335 e. The second-order valence-corrected chi connectivity index (χ2v) is 10.9. The van der Waals surface area contributed by atoms with Gasteiger partial charge in [-0.3, -0.25) is 4.90 Å². The Balaban J connectivity index is 1.88. The second kappa shape index (κ2) is 8.67. The van der Waals surface area contributed by atoms with Gasteiger partial charge in [0.1, 0.15) is 0 Å². The molecule has 1 aromatic rings. The standard InChI is InChI=1S/C25H40N2O2/c1-6-7-10-26-11-13-27(14-12-26)22-9-8-19(23(28)29)15-21(22)20-16-24(2,3)18-25(4,5)17-20/h8-9,15,20H,6-7,10-14,16-18H2,1-5H3,(H,28,29). The molecule has 1 aliphatic heterocycles. The van der Waals surface area contributed by atoms with Crippen molar-refractivity contribution in [2.45, 2.75) is 72.6 Å². The summed E-state index contributed by atoms with van der Waals surface area (Å²) in [7, 11) is 0. The minimum Gasteiger partial charge on any atom is -0.478 e. The quantitative estimate of drug-likeness (QED) is 0.672. The van der Waals surface area contributed by atoms with Gasteiger partial charge >= 0.3 is 5.97 Å². The molecular weight excluding hydrogens is 360 g/mol. The molecule has 1 aromatic carbocycles. The number of carbonyl (C=O) groups is 1. The van der Waals surface area contributed by atoms with Crippen molar-refractivity contribution in [3.63, 3.8) is 0 Å². The first-order valence-corrected chi connectivity index (χ1v) is 11.4. The first kappa shape index (κ1) is 22.1. The number of aromatic carboxylic acids is 1. The van der Waals surface area contributed by atoms with Gasteiger partial charge in [0.25, 0.3) is 0 Å². The molecule has 0 radical (unpaired) electrons. The van der Waals surface area contributed by atoms with E-state index >= 15 is 0 Å². The van der Waals surface area contributed by atoms with Crippen molar-refractivity contribution in [1.29, 1.82) is 0 Å². The molecule has 2 aliphatic rings. The number of carboxylic acid groups (broad SMARTS) is 1. The van der Waals surface area contributed by atoms with E-state index in [4.69, 9.17) is 0 Å². The maximum atomic E-state index is 11.7. The highest BCUT2D eigenvalue weighted by Gasteiger charge is 2.40. The van der Waals surface area contributed by atoms with Crippen molar-refractivity contribution in [1.82, 2.24) is 4.90 Å². The van der Waals surface area contributed by atoms with E-state index in [1.807, 2.05) is 6.07 Å². The molecule has 0 amide bonds. The van der Waals surface area contributed by atoms with Crippen molar-refractivity contribution in [2.75, 3.05) is 37.6 Å². The number of piperazine rings is 1. The third kappa shape index (κ3) is 5.53. The highest BCUT2D eigenvalue weighted by Crippen LogP contribution is 2.53. The number of unbranched alkanes of at least 4 members (excludes halogenated alkanes) is 1. The van der Waals surface area contributed by atoms with Crippen LogP contribution in [0.1, 0.15) is 88.6 Å². The Labute approximate surface area is 177 Å². The van der Waals surface area contributed by atoms with Gasteiger partial charge < -0.3 is 10.0 Å². The molecule has 1 saturated carbocycles. The van der Waals surface area contributed by atoms with Gasteiger partial charge in [-0.2, -0.15) is 0 Å². The van der Waals surface area contributed by atoms with Crippen LogP contribution in [0.4, 0.5) is 5.69 Å². The average molecular weight is 401 g/mol. The summed E-state index contributed by atoms with van der Waals surface area (Å²) >= 11 is 0. The number of hydrogen-bond donors (Lipinski definition) is 1. The first-order valence-electron chi connectivity index (χ1n) is 11.4. The van der Waals surface area contributed by atoms with Gasteiger partial charge in [0.05, 0.1) is 5.56 Å². The lowest BCUT2D eigenvalue weighted by Gasteiger charge is -2.46. The van der Waals surface area contributed by atoms with Crippen LogP contribution in [0.2, 0.25) is 0 Å². The van der Waals surface area contributed by atoms with E-state index in [1.54, 1.807) is 6.07 Å². The van der Waals surface area contributed by atoms with Gasteiger partial charge in [-0.1, -0.05) is 41.0 Å². The molecule has 2 fully saturated rings. The van der Waals surface area contributed by atoms with Crippen molar-refractivity contribution < 1.29 is 9.90 Å². The molecule has 1 aliphatic carbocycles. The molecular formula is C25H40N2O2. The van der Waals surface area contributed by atoms with Crippen LogP contribution in [0.3, 0.4) is 0 Å². The zero-order valence-corrected chi connectivity index (χ0v) is 19.1. The van der Waals surface area contributed by atoms with E-state index in [0.717, 1.165) is 39.0 Å². The predicted molar refractivity (Wildman–Crippen MR) is 121 cm³/mol. The van der Waals surface area contributed by atoms with Crippen LogP contribution in [0.25, 0.3) is 0 Å². The number of hydrogen-bond acceptors (Lipinski definition) is 3. The van der Waals surface area contributed by atoms with Crippen molar-refractivity contribution in [3.8, 4) is 0 Å². The fourth-order valence-electron chi connectivity index (χ4n) is 5.96. The smallest absolute Gasteiger partial charge is 0.335 e. The van der Waals surface area contributed by atoms with E-state index in [1.165, 1.54) is 37.1 Å². The number of benzene rings is 1. The number of carboxylic acids is 1. The normalized spacial score (nSPS) is 22.6. The Hall–Kier alpha value is -1.55. The van der Waals surface area contributed by atoms with Crippen molar-refractivity contribution in [3.05, 3.63) is 29.3 Å². The largest absolute Gasteiger partial charge is 0.478 e.